The second-order valence-electron chi connectivity index (χ2n) is 7.72. The van der Waals surface area contributed by atoms with E-state index in [1.165, 1.54) is 10.9 Å². The highest BCUT2D eigenvalue weighted by Gasteiger charge is 2.57. The first-order valence-corrected chi connectivity index (χ1v) is 8.99. The molecule has 128 valence electrons. The highest BCUT2D eigenvalue weighted by atomic mass is 16.3. The van der Waals surface area contributed by atoms with Crippen molar-refractivity contribution in [1.29, 1.82) is 0 Å². The lowest BCUT2D eigenvalue weighted by Crippen LogP contribution is -2.48. The fraction of sp³-hybridized carbons (Fsp3) is 0.550. The molecule has 0 radical (unpaired) electrons. The molecule has 1 aliphatic carbocycles. The number of aromatic nitrogens is 1. The fourth-order valence-corrected chi connectivity index (χ4v) is 5.11. The lowest BCUT2D eigenvalue weighted by atomic mass is 9.58. The van der Waals surface area contributed by atoms with E-state index >= 15 is 0 Å². The summed E-state index contributed by atoms with van der Waals surface area (Å²) >= 11 is 0. The molecule has 2 aromatic rings. The van der Waals surface area contributed by atoms with Gasteiger partial charge >= 0.3 is 0 Å². The Morgan fingerprint density at radius 3 is 2.33 bits per heavy atom. The van der Waals surface area contributed by atoms with Crippen molar-refractivity contribution in [3.63, 3.8) is 0 Å². The number of fused-ring (bicyclic) bond motifs is 2. The molecule has 1 aromatic carbocycles. The van der Waals surface area contributed by atoms with Crippen molar-refractivity contribution >= 4 is 10.9 Å². The summed E-state index contributed by atoms with van der Waals surface area (Å²) in [5, 5.41) is 21.5. The van der Waals surface area contributed by atoms with Crippen molar-refractivity contribution in [2.24, 2.45) is 10.8 Å². The maximum Gasteiger partial charge on any atom is 0.0705 e. The van der Waals surface area contributed by atoms with Crippen molar-refractivity contribution in [2.45, 2.75) is 32.2 Å². The molecule has 2 heterocycles. The van der Waals surface area contributed by atoms with E-state index in [0.29, 0.717) is 0 Å². The number of rotatable bonds is 4. The Bertz CT molecular complexity index is 707. The molecule has 2 atom stereocenters. The van der Waals surface area contributed by atoms with Crippen LogP contribution in [-0.4, -0.2) is 46.4 Å². The van der Waals surface area contributed by atoms with Crippen LogP contribution < -0.4 is 0 Å². The van der Waals surface area contributed by atoms with Gasteiger partial charge in [-0.3, -0.25) is 9.88 Å². The Balaban J connectivity index is 1.64. The van der Waals surface area contributed by atoms with Crippen molar-refractivity contribution in [3.05, 3.63) is 42.1 Å². The molecular formula is C20H26N2O2. The number of likely N-dealkylation sites (tertiary alicyclic amines) is 1. The van der Waals surface area contributed by atoms with Gasteiger partial charge in [0.25, 0.3) is 0 Å². The van der Waals surface area contributed by atoms with Gasteiger partial charge in [0.1, 0.15) is 0 Å². The number of hydrogen-bond acceptors (Lipinski definition) is 4. The topological polar surface area (TPSA) is 56.6 Å². The Morgan fingerprint density at radius 1 is 0.958 bits per heavy atom. The van der Waals surface area contributed by atoms with Crippen LogP contribution in [0.5, 0.6) is 0 Å². The average molecular weight is 326 g/mol. The van der Waals surface area contributed by atoms with E-state index in [0.717, 1.165) is 50.8 Å². The summed E-state index contributed by atoms with van der Waals surface area (Å²) in [5.74, 6) is 0. The number of benzene rings is 1. The third-order valence-corrected chi connectivity index (χ3v) is 6.47. The van der Waals surface area contributed by atoms with Crippen molar-refractivity contribution in [1.82, 2.24) is 9.88 Å². The van der Waals surface area contributed by atoms with E-state index in [1.807, 2.05) is 18.3 Å². The Labute approximate surface area is 143 Å². The van der Waals surface area contributed by atoms with Crippen LogP contribution >= 0.6 is 0 Å². The van der Waals surface area contributed by atoms with E-state index in [-0.39, 0.29) is 24.0 Å². The molecule has 0 unspecified atom stereocenters. The SMILES string of the molecule is OC[C@@]12CCCC[C@]1(CO)CN(Cc1cccc3ncccc13)C2. The van der Waals surface area contributed by atoms with Gasteiger partial charge in [0.2, 0.25) is 0 Å². The zero-order valence-corrected chi connectivity index (χ0v) is 14.1. The maximum absolute atomic E-state index is 10.2. The normalized spacial score (nSPS) is 30.6. The predicted molar refractivity (Wildman–Crippen MR) is 94.5 cm³/mol. The minimum Gasteiger partial charge on any atom is -0.396 e. The van der Waals surface area contributed by atoms with E-state index in [2.05, 4.69) is 28.1 Å². The number of aliphatic hydroxyl groups is 2. The van der Waals surface area contributed by atoms with E-state index in [4.69, 9.17) is 0 Å². The van der Waals surface area contributed by atoms with Gasteiger partial charge in [0.05, 0.1) is 18.7 Å². The Kier molecular flexibility index (Phi) is 4.07. The average Bonchev–Trinajstić information content (AvgIpc) is 2.97. The molecule has 2 fully saturated rings. The van der Waals surface area contributed by atoms with Crippen molar-refractivity contribution in [2.75, 3.05) is 26.3 Å². The van der Waals surface area contributed by atoms with Crippen LogP contribution in [0.3, 0.4) is 0 Å². The first kappa shape index (κ1) is 16.0. The quantitative estimate of drug-likeness (QED) is 0.907. The molecule has 4 rings (SSSR count). The lowest BCUT2D eigenvalue weighted by molar-refractivity contribution is -0.0490. The van der Waals surface area contributed by atoms with Crippen molar-refractivity contribution in [3.8, 4) is 0 Å². The molecular weight excluding hydrogens is 300 g/mol. The molecule has 1 aliphatic heterocycles. The molecule has 1 aromatic heterocycles. The molecule has 0 amide bonds. The van der Waals surface area contributed by atoms with E-state index in [9.17, 15) is 10.2 Å². The van der Waals surface area contributed by atoms with Gasteiger partial charge in [-0.1, -0.05) is 31.0 Å². The van der Waals surface area contributed by atoms with Gasteiger partial charge in [0.15, 0.2) is 0 Å². The number of pyridine rings is 1. The number of nitrogens with zero attached hydrogens (tertiary/aromatic N) is 2. The van der Waals surface area contributed by atoms with Gasteiger partial charge in [0, 0.05) is 42.0 Å². The summed E-state index contributed by atoms with van der Waals surface area (Å²) < 4.78 is 0. The largest absolute Gasteiger partial charge is 0.396 e. The standard InChI is InChI=1S/C20H26N2O2/c23-14-19-8-1-2-9-20(19,15-24)13-22(12-19)11-16-5-3-7-18-17(16)6-4-10-21-18/h3-7,10,23-24H,1-2,8-9,11-15H2/t19-,20+. The predicted octanol–water partition coefficient (Wildman–Crippen LogP) is 2.58. The lowest BCUT2D eigenvalue weighted by Gasteiger charge is -2.46. The third kappa shape index (κ3) is 2.36. The molecule has 0 bridgehead atoms. The summed E-state index contributed by atoms with van der Waals surface area (Å²) in [6.45, 7) is 2.97. The first-order chi connectivity index (χ1) is 11.7. The van der Waals surface area contributed by atoms with Gasteiger partial charge in [-0.05, 0) is 30.5 Å². The highest BCUT2D eigenvalue weighted by molar-refractivity contribution is 5.81. The minimum absolute atomic E-state index is 0.136. The van der Waals surface area contributed by atoms with Gasteiger partial charge in [-0.2, -0.15) is 0 Å². The van der Waals surface area contributed by atoms with Crippen LogP contribution in [0.15, 0.2) is 36.5 Å². The van der Waals surface area contributed by atoms with Crippen LogP contribution in [0, 0.1) is 10.8 Å². The first-order valence-electron chi connectivity index (χ1n) is 8.99. The second-order valence-corrected chi connectivity index (χ2v) is 7.72. The maximum atomic E-state index is 10.2. The van der Waals surface area contributed by atoms with Gasteiger partial charge in [-0.25, -0.2) is 0 Å². The summed E-state index contributed by atoms with van der Waals surface area (Å²) in [6, 6.07) is 10.4. The Morgan fingerprint density at radius 2 is 1.67 bits per heavy atom. The fourth-order valence-electron chi connectivity index (χ4n) is 5.11. The summed E-state index contributed by atoms with van der Waals surface area (Å²) in [4.78, 5) is 6.88. The monoisotopic (exact) mass is 326 g/mol. The zero-order chi connectivity index (χ0) is 16.6. The third-order valence-electron chi connectivity index (χ3n) is 6.47. The molecule has 4 nitrogen and oxygen atoms in total. The van der Waals surface area contributed by atoms with Crippen LogP contribution in [-0.2, 0) is 6.54 Å². The molecule has 2 N–H and O–H groups in total. The summed E-state index contributed by atoms with van der Waals surface area (Å²) in [5.41, 5.74) is 2.03. The van der Waals surface area contributed by atoms with Gasteiger partial charge in [-0.15, -0.1) is 0 Å². The van der Waals surface area contributed by atoms with Crippen LogP contribution in [0.2, 0.25) is 0 Å². The minimum atomic E-state index is -0.136. The molecule has 0 spiro atoms. The highest BCUT2D eigenvalue weighted by Crippen LogP contribution is 2.55. The summed E-state index contributed by atoms with van der Waals surface area (Å²) in [7, 11) is 0. The van der Waals surface area contributed by atoms with Crippen molar-refractivity contribution < 1.29 is 10.2 Å². The molecule has 4 heteroatoms. The van der Waals surface area contributed by atoms with Crippen LogP contribution in [0.4, 0.5) is 0 Å². The van der Waals surface area contributed by atoms with Crippen LogP contribution in [0.1, 0.15) is 31.2 Å². The smallest absolute Gasteiger partial charge is 0.0705 e. The van der Waals surface area contributed by atoms with E-state index < -0.39 is 0 Å². The van der Waals surface area contributed by atoms with Gasteiger partial charge < -0.3 is 10.2 Å². The number of hydrogen-bond donors (Lipinski definition) is 2. The number of aliphatic hydroxyl groups excluding tert-OH is 2. The second kappa shape index (κ2) is 6.10. The zero-order valence-electron chi connectivity index (χ0n) is 14.1. The molecule has 1 saturated heterocycles. The van der Waals surface area contributed by atoms with Crippen LogP contribution in [0.25, 0.3) is 10.9 Å². The molecule has 2 aliphatic rings. The Hall–Kier alpha value is -1.49. The summed E-state index contributed by atoms with van der Waals surface area (Å²) in [6.07, 6.45) is 6.20. The molecule has 1 saturated carbocycles. The molecule has 24 heavy (non-hydrogen) atoms. The van der Waals surface area contributed by atoms with E-state index in [1.54, 1.807) is 0 Å².